The minimum Gasteiger partial charge on any atom is -0.369 e. The molecule has 1 aromatic heterocycles. The molecule has 0 saturated carbocycles. The highest BCUT2D eigenvalue weighted by Gasteiger charge is 2.24. The van der Waals surface area contributed by atoms with E-state index < -0.39 is 11.0 Å². The van der Waals surface area contributed by atoms with Crippen LogP contribution >= 0.6 is 0 Å². The smallest absolute Gasteiger partial charge is 0.152 e. The molecule has 7 heteroatoms. The van der Waals surface area contributed by atoms with Gasteiger partial charge in [-0.15, -0.1) is 0 Å². The molecule has 0 bridgehead atoms. The van der Waals surface area contributed by atoms with Gasteiger partial charge in [-0.05, 0) is 34.6 Å². The van der Waals surface area contributed by atoms with E-state index in [-0.39, 0.29) is 0 Å². The highest BCUT2D eigenvalue weighted by atomic mass is 32.2. The lowest BCUT2D eigenvalue weighted by atomic mass is 10.2. The van der Waals surface area contributed by atoms with Gasteiger partial charge in [0.1, 0.15) is 16.5 Å². The number of piperazine rings is 1. The largest absolute Gasteiger partial charge is 0.369 e. The summed E-state index contributed by atoms with van der Waals surface area (Å²) in [5.41, 5.74) is 2.43. The van der Waals surface area contributed by atoms with Gasteiger partial charge in [0.15, 0.2) is 5.52 Å². The molecule has 3 aromatic rings. The van der Waals surface area contributed by atoms with Gasteiger partial charge in [-0.2, -0.15) is 0 Å². The maximum Gasteiger partial charge on any atom is 0.152 e. The van der Waals surface area contributed by atoms with Crippen molar-refractivity contribution in [2.45, 2.75) is 4.90 Å². The average Bonchev–Trinajstić information content (AvgIpc) is 3.11. The second-order valence-electron chi connectivity index (χ2n) is 5.39. The Labute approximate surface area is 136 Å². The van der Waals surface area contributed by atoms with Gasteiger partial charge in [0.05, 0.1) is 4.90 Å². The number of benzene rings is 2. The summed E-state index contributed by atoms with van der Waals surface area (Å²) in [6.45, 7) is 3.18. The SMILES string of the molecule is O=S(c1cccc2nonc12)N1CCN(c2ccccc2)CC1. The van der Waals surface area contributed by atoms with Gasteiger partial charge in [0, 0.05) is 31.9 Å². The molecular formula is C16H16N4O2S. The summed E-state index contributed by atoms with van der Waals surface area (Å²) in [7, 11) is -1.25. The Balaban J connectivity index is 1.50. The molecule has 6 nitrogen and oxygen atoms in total. The summed E-state index contributed by atoms with van der Waals surface area (Å²) in [5.74, 6) is 0. The first kappa shape index (κ1) is 14.3. The molecule has 1 aliphatic heterocycles. The van der Waals surface area contributed by atoms with Gasteiger partial charge >= 0.3 is 0 Å². The average molecular weight is 328 g/mol. The topological polar surface area (TPSA) is 62.5 Å². The van der Waals surface area contributed by atoms with Crippen LogP contribution in [0, 0.1) is 0 Å². The summed E-state index contributed by atoms with van der Waals surface area (Å²) in [5, 5.41) is 7.69. The second-order valence-corrected chi connectivity index (χ2v) is 6.84. The summed E-state index contributed by atoms with van der Waals surface area (Å²) >= 11 is 0. The van der Waals surface area contributed by atoms with Crippen molar-refractivity contribution in [1.29, 1.82) is 0 Å². The van der Waals surface area contributed by atoms with E-state index >= 15 is 0 Å². The van der Waals surface area contributed by atoms with E-state index in [1.54, 1.807) is 6.07 Å². The Morgan fingerprint density at radius 2 is 1.70 bits per heavy atom. The Morgan fingerprint density at radius 3 is 2.48 bits per heavy atom. The van der Waals surface area contributed by atoms with Crippen LogP contribution in [0.3, 0.4) is 0 Å². The zero-order valence-corrected chi connectivity index (χ0v) is 13.3. The normalized spacial score (nSPS) is 17.5. The van der Waals surface area contributed by atoms with Gasteiger partial charge in [-0.1, -0.05) is 24.3 Å². The molecule has 23 heavy (non-hydrogen) atoms. The van der Waals surface area contributed by atoms with Crippen LogP contribution in [0.4, 0.5) is 5.69 Å². The predicted octanol–water partition coefficient (Wildman–Crippen LogP) is 2.07. The third kappa shape index (κ3) is 2.73. The lowest BCUT2D eigenvalue weighted by Gasteiger charge is -2.35. The van der Waals surface area contributed by atoms with Crippen LogP contribution in [0.15, 0.2) is 58.1 Å². The zero-order valence-electron chi connectivity index (χ0n) is 12.5. The number of fused-ring (bicyclic) bond motifs is 1. The van der Waals surface area contributed by atoms with Gasteiger partial charge in [-0.25, -0.2) is 13.1 Å². The van der Waals surface area contributed by atoms with Gasteiger partial charge < -0.3 is 4.90 Å². The number of aromatic nitrogens is 2. The number of anilines is 1. The van der Waals surface area contributed by atoms with Crippen LogP contribution in [0.5, 0.6) is 0 Å². The van der Waals surface area contributed by atoms with Crippen molar-refractivity contribution in [2.24, 2.45) is 0 Å². The number of rotatable bonds is 3. The number of nitrogens with zero attached hydrogens (tertiary/aromatic N) is 4. The zero-order chi connectivity index (χ0) is 15.6. The lowest BCUT2D eigenvalue weighted by molar-refractivity contribution is 0.315. The molecule has 4 rings (SSSR count). The molecule has 1 saturated heterocycles. The minimum absolute atomic E-state index is 0.580. The summed E-state index contributed by atoms with van der Waals surface area (Å²) < 4.78 is 19.6. The molecule has 1 aliphatic rings. The maximum absolute atomic E-state index is 12.9. The molecular weight excluding hydrogens is 312 g/mol. The van der Waals surface area contributed by atoms with Crippen LogP contribution < -0.4 is 4.90 Å². The molecule has 1 unspecified atom stereocenters. The first-order valence-corrected chi connectivity index (χ1v) is 8.62. The van der Waals surface area contributed by atoms with Gasteiger partial charge in [0.2, 0.25) is 0 Å². The molecule has 0 amide bonds. The fourth-order valence-corrected chi connectivity index (χ4v) is 4.09. The Morgan fingerprint density at radius 1 is 0.913 bits per heavy atom. The number of hydrogen-bond donors (Lipinski definition) is 0. The van der Waals surface area contributed by atoms with Crippen molar-refractivity contribution < 1.29 is 8.84 Å². The Hall–Kier alpha value is -2.25. The van der Waals surface area contributed by atoms with Crippen molar-refractivity contribution >= 4 is 27.7 Å². The van der Waals surface area contributed by atoms with E-state index in [4.69, 9.17) is 4.63 Å². The minimum atomic E-state index is -1.25. The lowest BCUT2D eigenvalue weighted by Crippen LogP contribution is -2.46. The van der Waals surface area contributed by atoms with Crippen LogP contribution in [0.25, 0.3) is 11.0 Å². The fourth-order valence-electron chi connectivity index (χ4n) is 2.81. The van der Waals surface area contributed by atoms with Crippen LogP contribution in [0.1, 0.15) is 0 Å². The molecule has 0 N–H and O–H groups in total. The third-order valence-corrected chi connectivity index (χ3v) is 5.57. The van der Waals surface area contributed by atoms with E-state index in [2.05, 4.69) is 27.3 Å². The summed E-state index contributed by atoms with van der Waals surface area (Å²) in [6.07, 6.45) is 0. The standard InChI is InChI=1S/C16H16N4O2S/c21-23(15-8-4-7-14-16(15)18-22-17-14)20-11-9-19(10-12-20)13-5-2-1-3-6-13/h1-8H,9-12H2. The maximum atomic E-state index is 12.9. The molecule has 1 atom stereocenters. The molecule has 0 aliphatic carbocycles. The Kier molecular flexibility index (Phi) is 3.80. The molecule has 0 radical (unpaired) electrons. The van der Waals surface area contributed by atoms with E-state index in [0.717, 1.165) is 26.2 Å². The quantitative estimate of drug-likeness (QED) is 0.736. The molecule has 1 fully saturated rings. The van der Waals surface area contributed by atoms with Crippen molar-refractivity contribution in [3.05, 3.63) is 48.5 Å². The number of para-hydroxylation sites is 1. The van der Waals surface area contributed by atoms with Crippen LogP contribution in [-0.2, 0) is 11.0 Å². The van der Waals surface area contributed by atoms with Crippen LogP contribution in [-0.4, -0.2) is 45.0 Å². The second kappa shape index (κ2) is 6.10. The first-order chi connectivity index (χ1) is 11.3. The third-order valence-electron chi connectivity index (χ3n) is 4.03. The summed E-state index contributed by atoms with van der Waals surface area (Å²) in [6, 6.07) is 15.8. The fraction of sp³-hybridized carbons (Fsp3) is 0.250. The van der Waals surface area contributed by atoms with E-state index in [1.165, 1.54) is 5.69 Å². The highest BCUT2D eigenvalue weighted by Crippen LogP contribution is 2.22. The highest BCUT2D eigenvalue weighted by molar-refractivity contribution is 7.83. The van der Waals surface area contributed by atoms with Crippen LogP contribution in [0.2, 0.25) is 0 Å². The van der Waals surface area contributed by atoms with Crippen molar-refractivity contribution in [3.8, 4) is 0 Å². The monoisotopic (exact) mass is 328 g/mol. The van der Waals surface area contributed by atoms with Gasteiger partial charge in [0.25, 0.3) is 0 Å². The molecule has 0 spiro atoms. The number of hydrogen-bond acceptors (Lipinski definition) is 5. The first-order valence-electron chi connectivity index (χ1n) is 7.51. The molecule has 118 valence electrons. The van der Waals surface area contributed by atoms with E-state index in [9.17, 15) is 4.21 Å². The molecule has 2 heterocycles. The Bertz CT molecular complexity index is 828. The van der Waals surface area contributed by atoms with Crippen molar-refractivity contribution in [1.82, 2.24) is 14.6 Å². The molecule has 2 aromatic carbocycles. The predicted molar refractivity (Wildman–Crippen MR) is 88.4 cm³/mol. The van der Waals surface area contributed by atoms with Gasteiger partial charge in [-0.3, -0.25) is 0 Å². The van der Waals surface area contributed by atoms with Crippen molar-refractivity contribution in [3.63, 3.8) is 0 Å². The van der Waals surface area contributed by atoms with E-state index in [0.29, 0.717) is 15.9 Å². The van der Waals surface area contributed by atoms with E-state index in [1.807, 2.05) is 34.6 Å². The summed E-state index contributed by atoms with van der Waals surface area (Å²) in [4.78, 5) is 2.98. The van der Waals surface area contributed by atoms with Crippen molar-refractivity contribution in [2.75, 3.05) is 31.1 Å².